The molecule has 1 heterocycles. The normalized spacial score (nSPS) is 21.3. The first-order chi connectivity index (χ1) is 19.2. The average molecular weight is 500 g/mol. The van der Waals surface area contributed by atoms with Gasteiger partial charge in [0.15, 0.2) is 0 Å². The molecule has 0 N–H and O–H groups in total. The molecule has 1 heteroatoms. The molecule has 5 aromatic rings. The molecule has 186 valence electrons. The summed E-state index contributed by atoms with van der Waals surface area (Å²) in [7, 11) is 0. The highest BCUT2D eigenvalue weighted by atomic mass is 15.2. The maximum atomic E-state index is 2.56. The van der Waals surface area contributed by atoms with Gasteiger partial charge in [-0.25, -0.2) is 0 Å². The molecule has 8 rings (SSSR count). The maximum absolute atomic E-state index is 2.56. The highest BCUT2D eigenvalue weighted by Crippen LogP contribution is 2.58. The van der Waals surface area contributed by atoms with Crippen molar-refractivity contribution in [2.45, 2.75) is 23.8 Å². The number of anilines is 2. The van der Waals surface area contributed by atoms with Gasteiger partial charge in [0.2, 0.25) is 0 Å². The Labute approximate surface area is 230 Å². The van der Waals surface area contributed by atoms with Crippen molar-refractivity contribution in [1.29, 1.82) is 0 Å². The molecule has 5 aromatic carbocycles. The second-order valence-electron chi connectivity index (χ2n) is 11.1. The van der Waals surface area contributed by atoms with Crippen LogP contribution in [0.1, 0.15) is 40.7 Å². The van der Waals surface area contributed by atoms with Crippen LogP contribution in [0, 0.1) is 0 Å². The lowest BCUT2D eigenvalue weighted by atomic mass is 9.67. The second kappa shape index (κ2) is 8.19. The first kappa shape index (κ1) is 22.4. The van der Waals surface area contributed by atoms with Gasteiger partial charge in [0, 0.05) is 17.3 Å². The third-order valence-corrected chi connectivity index (χ3v) is 9.17. The summed E-state index contributed by atoms with van der Waals surface area (Å²) >= 11 is 0. The number of hydrogen-bond donors (Lipinski definition) is 0. The van der Waals surface area contributed by atoms with E-state index >= 15 is 0 Å². The Morgan fingerprint density at radius 3 is 2.00 bits per heavy atom. The zero-order valence-electron chi connectivity index (χ0n) is 22.0. The highest BCUT2D eigenvalue weighted by molar-refractivity contribution is 5.87. The molecule has 3 aliphatic rings. The summed E-state index contributed by atoms with van der Waals surface area (Å²) in [6, 6.07) is 47.2. The molecule has 0 fully saturated rings. The van der Waals surface area contributed by atoms with E-state index in [-0.39, 0.29) is 5.54 Å². The highest BCUT2D eigenvalue weighted by Gasteiger charge is 2.49. The van der Waals surface area contributed by atoms with Crippen LogP contribution < -0.4 is 4.90 Å². The van der Waals surface area contributed by atoms with Gasteiger partial charge in [0.25, 0.3) is 0 Å². The average Bonchev–Trinajstić information content (AvgIpc) is 3.45. The van der Waals surface area contributed by atoms with Crippen molar-refractivity contribution in [2.75, 3.05) is 4.90 Å². The number of rotatable bonds is 3. The van der Waals surface area contributed by atoms with Crippen LogP contribution in [-0.2, 0) is 5.41 Å². The second-order valence-corrected chi connectivity index (χ2v) is 11.1. The lowest BCUT2D eigenvalue weighted by Gasteiger charge is -2.40. The van der Waals surface area contributed by atoms with Crippen LogP contribution in [0.4, 0.5) is 11.4 Å². The number of para-hydroxylation sites is 1. The van der Waals surface area contributed by atoms with E-state index in [1.165, 1.54) is 50.3 Å². The molecule has 1 nitrogen and oxygen atoms in total. The van der Waals surface area contributed by atoms with Gasteiger partial charge < -0.3 is 4.90 Å². The van der Waals surface area contributed by atoms with E-state index in [2.05, 4.69) is 164 Å². The molecule has 0 saturated heterocycles. The summed E-state index contributed by atoms with van der Waals surface area (Å²) in [5.41, 5.74) is 11.3. The van der Waals surface area contributed by atoms with E-state index in [4.69, 9.17) is 0 Å². The molecule has 2 atom stereocenters. The van der Waals surface area contributed by atoms with Crippen molar-refractivity contribution in [3.05, 3.63) is 180 Å². The Bertz CT molecular complexity index is 1750. The standard InChI is InChI=1S/C38H29N/c1-37-25-12-11-21-33(37)32-20-7-10-24-36(32)39(37)29-17-13-16-28(26-29)38(27-14-3-2-4-15-27)34-22-8-5-18-30(34)31-19-6-9-23-35(31)38/h2-26,33H,1H3. The predicted octanol–water partition coefficient (Wildman–Crippen LogP) is 9.17. The van der Waals surface area contributed by atoms with Gasteiger partial charge in [-0.15, -0.1) is 0 Å². The fourth-order valence-electron chi connectivity index (χ4n) is 7.58. The number of allylic oxidation sites excluding steroid dienone is 2. The third kappa shape index (κ3) is 2.90. The van der Waals surface area contributed by atoms with Crippen LogP contribution in [0.25, 0.3) is 11.1 Å². The number of fused-ring (bicyclic) bond motifs is 6. The van der Waals surface area contributed by atoms with E-state index in [0.717, 1.165) is 0 Å². The maximum Gasteiger partial charge on any atom is 0.0714 e. The van der Waals surface area contributed by atoms with Gasteiger partial charge in [-0.3, -0.25) is 0 Å². The van der Waals surface area contributed by atoms with Crippen LogP contribution >= 0.6 is 0 Å². The Morgan fingerprint density at radius 2 is 1.23 bits per heavy atom. The first-order valence-electron chi connectivity index (χ1n) is 13.8. The Balaban J connectivity index is 1.41. The molecule has 0 amide bonds. The summed E-state index contributed by atoms with van der Waals surface area (Å²) in [6.45, 7) is 2.37. The number of hydrogen-bond acceptors (Lipinski definition) is 1. The van der Waals surface area contributed by atoms with Gasteiger partial charge in [0.1, 0.15) is 0 Å². The monoisotopic (exact) mass is 499 g/mol. The van der Waals surface area contributed by atoms with Crippen LogP contribution in [0.5, 0.6) is 0 Å². The van der Waals surface area contributed by atoms with Crippen LogP contribution in [0.2, 0.25) is 0 Å². The predicted molar refractivity (Wildman–Crippen MR) is 162 cm³/mol. The molecule has 1 aliphatic heterocycles. The van der Waals surface area contributed by atoms with Crippen LogP contribution in [0.3, 0.4) is 0 Å². The fourth-order valence-corrected chi connectivity index (χ4v) is 7.58. The summed E-state index contributed by atoms with van der Waals surface area (Å²) in [4.78, 5) is 2.56. The molecule has 2 aliphatic carbocycles. The molecule has 0 aromatic heterocycles. The summed E-state index contributed by atoms with van der Waals surface area (Å²) in [5, 5.41) is 0. The molecule has 2 unspecified atom stereocenters. The van der Waals surface area contributed by atoms with E-state index in [0.29, 0.717) is 5.92 Å². The van der Waals surface area contributed by atoms with E-state index in [9.17, 15) is 0 Å². The Hall–Kier alpha value is -4.62. The van der Waals surface area contributed by atoms with Gasteiger partial charge in [0.05, 0.1) is 11.0 Å². The zero-order valence-corrected chi connectivity index (χ0v) is 22.0. The molecular formula is C38H29N. The largest absolute Gasteiger partial charge is 0.331 e. The van der Waals surface area contributed by atoms with Crippen LogP contribution in [0.15, 0.2) is 152 Å². The topological polar surface area (TPSA) is 3.24 Å². The Kier molecular flexibility index (Phi) is 4.70. The van der Waals surface area contributed by atoms with Crippen molar-refractivity contribution in [1.82, 2.24) is 0 Å². The molecule has 0 saturated carbocycles. The molecule has 0 bridgehead atoms. The SMILES string of the molecule is CC12C=CC=CC1c1ccccc1N2c1cccc(C2(c3ccccc3)c3ccccc3-c3ccccc32)c1. The van der Waals surface area contributed by atoms with Crippen molar-refractivity contribution in [3.8, 4) is 11.1 Å². The van der Waals surface area contributed by atoms with Crippen molar-refractivity contribution in [3.63, 3.8) is 0 Å². The minimum atomic E-state index is -0.397. The molecular weight excluding hydrogens is 470 g/mol. The lowest BCUT2D eigenvalue weighted by Crippen LogP contribution is -2.42. The van der Waals surface area contributed by atoms with Crippen molar-refractivity contribution < 1.29 is 0 Å². The van der Waals surface area contributed by atoms with Gasteiger partial charge in [-0.2, -0.15) is 0 Å². The van der Waals surface area contributed by atoms with Gasteiger partial charge in [-0.05, 0) is 64.1 Å². The first-order valence-corrected chi connectivity index (χ1v) is 13.8. The quantitative estimate of drug-likeness (QED) is 0.235. The van der Waals surface area contributed by atoms with Gasteiger partial charge >= 0.3 is 0 Å². The van der Waals surface area contributed by atoms with Gasteiger partial charge in [-0.1, -0.05) is 133 Å². The van der Waals surface area contributed by atoms with E-state index < -0.39 is 5.41 Å². The molecule has 39 heavy (non-hydrogen) atoms. The third-order valence-electron chi connectivity index (χ3n) is 9.17. The summed E-state index contributed by atoms with van der Waals surface area (Å²) in [6.07, 6.45) is 9.13. The molecule has 0 radical (unpaired) electrons. The Morgan fingerprint density at radius 1 is 0.590 bits per heavy atom. The van der Waals surface area contributed by atoms with Crippen molar-refractivity contribution in [2.24, 2.45) is 0 Å². The smallest absolute Gasteiger partial charge is 0.0714 e. The minimum absolute atomic E-state index is 0.164. The van der Waals surface area contributed by atoms with E-state index in [1.807, 2.05) is 0 Å². The van der Waals surface area contributed by atoms with Crippen LogP contribution in [-0.4, -0.2) is 5.54 Å². The molecule has 0 spiro atoms. The summed E-state index contributed by atoms with van der Waals surface area (Å²) in [5.74, 6) is 0.318. The van der Waals surface area contributed by atoms with E-state index in [1.54, 1.807) is 0 Å². The number of nitrogens with zero attached hydrogens (tertiary/aromatic N) is 1. The minimum Gasteiger partial charge on any atom is -0.331 e. The lowest BCUT2D eigenvalue weighted by molar-refractivity contribution is 0.542. The number of benzene rings is 5. The fraction of sp³-hybridized carbons (Fsp3) is 0.105. The zero-order chi connectivity index (χ0) is 26.0. The van der Waals surface area contributed by atoms with Crippen molar-refractivity contribution >= 4 is 11.4 Å². The summed E-state index contributed by atoms with van der Waals surface area (Å²) < 4.78 is 0.